The van der Waals surface area contributed by atoms with Gasteiger partial charge in [-0.05, 0) is 61.7 Å². The minimum absolute atomic E-state index is 0.0192. The number of furan rings is 1. The molecule has 6 nitrogen and oxygen atoms in total. The van der Waals surface area contributed by atoms with Crippen LogP contribution in [0.15, 0.2) is 52.9 Å². The van der Waals surface area contributed by atoms with Crippen LogP contribution < -0.4 is 5.32 Å². The summed E-state index contributed by atoms with van der Waals surface area (Å²) in [6.45, 7) is 5.64. The second-order valence-corrected chi connectivity index (χ2v) is 6.19. The second kappa shape index (κ2) is 6.84. The number of aryl methyl sites for hydroxylation is 3. The number of hydrogen-bond acceptors (Lipinski definition) is 4. The SMILES string of the molecule is Cc1ccc(C)c(NC(=O)c2ccc(-c3ccc([N+](=O)[O-])cc3C)o2)c1. The van der Waals surface area contributed by atoms with Gasteiger partial charge in [0.25, 0.3) is 11.6 Å². The average molecular weight is 350 g/mol. The number of benzene rings is 2. The Morgan fingerprint density at radius 1 is 1.00 bits per heavy atom. The fourth-order valence-electron chi connectivity index (χ4n) is 2.70. The topological polar surface area (TPSA) is 85.4 Å². The van der Waals surface area contributed by atoms with Crippen LogP contribution in [0.1, 0.15) is 27.2 Å². The Morgan fingerprint density at radius 2 is 1.77 bits per heavy atom. The first kappa shape index (κ1) is 17.4. The Kier molecular flexibility index (Phi) is 4.58. The van der Waals surface area contributed by atoms with Crippen molar-refractivity contribution in [2.75, 3.05) is 5.32 Å². The van der Waals surface area contributed by atoms with E-state index in [1.807, 2.05) is 32.0 Å². The van der Waals surface area contributed by atoms with Gasteiger partial charge in [0.05, 0.1) is 4.92 Å². The van der Waals surface area contributed by atoms with Crippen LogP contribution in [0, 0.1) is 30.9 Å². The van der Waals surface area contributed by atoms with Crippen LogP contribution in [-0.4, -0.2) is 10.8 Å². The zero-order chi connectivity index (χ0) is 18.8. The van der Waals surface area contributed by atoms with Crippen molar-refractivity contribution in [3.05, 3.63) is 81.1 Å². The number of hydrogen-bond donors (Lipinski definition) is 1. The highest BCUT2D eigenvalue weighted by Crippen LogP contribution is 2.29. The molecule has 0 saturated heterocycles. The number of amides is 1. The predicted octanol–water partition coefficient (Wildman–Crippen LogP) is 5.03. The molecule has 0 atom stereocenters. The normalized spacial score (nSPS) is 10.6. The molecule has 1 amide bonds. The number of carbonyl (C=O) groups excluding carboxylic acids is 1. The van der Waals surface area contributed by atoms with Gasteiger partial charge in [0.1, 0.15) is 5.76 Å². The zero-order valence-corrected chi connectivity index (χ0v) is 14.7. The van der Waals surface area contributed by atoms with E-state index in [0.29, 0.717) is 16.9 Å². The molecule has 0 aliphatic carbocycles. The van der Waals surface area contributed by atoms with Crippen molar-refractivity contribution in [1.82, 2.24) is 0 Å². The molecular formula is C20H18N2O4. The average Bonchev–Trinajstić information content (AvgIpc) is 3.08. The van der Waals surface area contributed by atoms with Crippen LogP contribution in [-0.2, 0) is 0 Å². The summed E-state index contributed by atoms with van der Waals surface area (Å²) in [7, 11) is 0. The summed E-state index contributed by atoms with van der Waals surface area (Å²) in [4.78, 5) is 22.9. The van der Waals surface area contributed by atoms with Crippen LogP contribution in [0.5, 0.6) is 0 Å². The third-order valence-electron chi connectivity index (χ3n) is 4.16. The van der Waals surface area contributed by atoms with Crippen LogP contribution in [0.3, 0.4) is 0 Å². The lowest BCUT2D eigenvalue weighted by atomic mass is 10.1. The van der Waals surface area contributed by atoms with E-state index in [1.54, 1.807) is 25.1 Å². The van der Waals surface area contributed by atoms with Gasteiger partial charge >= 0.3 is 0 Å². The van der Waals surface area contributed by atoms with Crippen LogP contribution in [0.2, 0.25) is 0 Å². The largest absolute Gasteiger partial charge is 0.451 e. The number of nitro groups is 1. The maximum absolute atomic E-state index is 12.5. The van der Waals surface area contributed by atoms with Crippen molar-refractivity contribution in [1.29, 1.82) is 0 Å². The maximum atomic E-state index is 12.5. The van der Waals surface area contributed by atoms with E-state index >= 15 is 0 Å². The standard InChI is InChI=1S/C20H18N2O4/c1-12-4-5-13(2)17(10-12)21-20(23)19-9-8-18(26-19)16-7-6-15(22(24)25)11-14(16)3/h4-11H,1-3H3,(H,21,23). The third-order valence-corrected chi connectivity index (χ3v) is 4.16. The summed E-state index contributed by atoms with van der Waals surface area (Å²) >= 11 is 0. The number of non-ortho nitro benzene ring substituents is 1. The van der Waals surface area contributed by atoms with Crippen LogP contribution in [0.4, 0.5) is 11.4 Å². The van der Waals surface area contributed by atoms with E-state index in [1.165, 1.54) is 12.1 Å². The van der Waals surface area contributed by atoms with Gasteiger partial charge < -0.3 is 9.73 Å². The summed E-state index contributed by atoms with van der Waals surface area (Å²) in [5.74, 6) is 0.326. The van der Waals surface area contributed by atoms with Gasteiger partial charge in [-0.2, -0.15) is 0 Å². The number of nitrogens with one attached hydrogen (secondary N) is 1. The fourth-order valence-corrected chi connectivity index (χ4v) is 2.70. The number of anilines is 1. The summed E-state index contributed by atoms with van der Waals surface area (Å²) in [5.41, 5.74) is 4.18. The van der Waals surface area contributed by atoms with E-state index in [-0.39, 0.29) is 17.4 Å². The third kappa shape index (κ3) is 3.49. The molecule has 3 rings (SSSR count). The molecule has 0 spiro atoms. The molecule has 0 unspecified atom stereocenters. The zero-order valence-electron chi connectivity index (χ0n) is 14.7. The Bertz CT molecular complexity index is 1000. The van der Waals surface area contributed by atoms with Crippen molar-refractivity contribution in [2.24, 2.45) is 0 Å². The van der Waals surface area contributed by atoms with E-state index in [4.69, 9.17) is 4.42 Å². The van der Waals surface area contributed by atoms with Gasteiger partial charge in [0.15, 0.2) is 5.76 Å². The predicted molar refractivity (Wildman–Crippen MR) is 99.4 cm³/mol. The Hall–Kier alpha value is -3.41. The van der Waals surface area contributed by atoms with Gasteiger partial charge in [-0.1, -0.05) is 12.1 Å². The van der Waals surface area contributed by atoms with Crippen molar-refractivity contribution < 1.29 is 14.1 Å². The number of rotatable bonds is 4. The lowest BCUT2D eigenvalue weighted by Gasteiger charge is -2.08. The monoisotopic (exact) mass is 350 g/mol. The highest BCUT2D eigenvalue weighted by atomic mass is 16.6. The molecule has 1 aromatic heterocycles. The lowest BCUT2D eigenvalue weighted by Crippen LogP contribution is -2.11. The molecule has 3 aromatic rings. The fraction of sp³-hybridized carbons (Fsp3) is 0.150. The minimum Gasteiger partial charge on any atom is -0.451 e. The molecule has 1 heterocycles. The summed E-state index contributed by atoms with van der Waals surface area (Å²) in [6, 6.07) is 13.6. The summed E-state index contributed by atoms with van der Waals surface area (Å²) < 4.78 is 5.67. The van der Waals surface area contributed by atoms with Crippen LogP contribution >= 0.6 is 0 Å². The molecule has 0 radical (unpaired) electrons. The van der Waals surface area contributed by atoms with Crippen molar-refractivity contribution >= 4 is 17.3 Å². The quantitative estimate of drug-likeness (QED) is 0.528. The lowest BCUT2D eigenvalue weighted by molar-refractivity contribution is -0.384. The summed E-state index contributed by atoms with van der Waals surface area (Å²) in [5, 5.41) is 13.7. The molecular weight excluding hydrogens is 332 g/mol. The number of nitro benzene ring substituents is 1. The van der Waals surface area contributed by atoms with Gasteiger partial charge in [0.2, 0.25) is 0 Å². The first-order valence-electron chi connectivity index (χ1n) is 8.09. The van der Waals surface area contributed by atoms with E-state index in [0.717, 1.165) is 16.8 Å². The molecule has 0 aliphatic heterocycles. The molecule has 132 valence electrons. The molecule has 6 heteroatoms. The first-order chi connectivity index (χ1) is 12.3. The van der Waals surface area contributed by atoms with E-state index in [2.05, 4.69) is 5.32 Å². The van der Waals surface area contributed by atoms with Crippen molar-refractivity contribution in [3.8, 4) is 11.3 Å². The second-order valence-electron chi connectivity index (χ2n) is 6.19. The van der Waals surface area contributed by atoms with Gasteiger partial charge in [-0.3, -0.25) is 14.9 Å². The van der Waals surface area contributed by atoms with E-state index in [9.17, 15) is 14.9 Å². The maximum Gasteiger partial charge on any atom is 0.291 e. The minimum atomic E-state index is -0.442. The smallest absolute Gasteiger partial charge is 0.291 e. The van der Waals surface area contributed by atoms with Gasteiger partial charge in [-0.25, -0.2) is 0 Å². The molecule has 0 aliphatic rings. The molecule has 0 bridgehead atoms. The molecule has 0 saturated carbocycles. The van der Waals surface area contributed by atoms with E-state index < -0.39 is 4.92 Å². The molecule has 2 aromatic carbocycles. The van der Waals surface area contributed by atoms with Gasteiger partial charge in [-0.15, -0.1) is 0 Å². The molecule has 1 N–H and O–H groups in total. The number of carbonyl (C=O) groups is 1. The Labute approximate surface area is 150 Å². The van der Waals surface area contributed by atoms with Crippen molar-refractivity contribution in [3.63, 3.8) is 0 Å². The van der Waals surface area contributed by atoms with Crippen LogP contribution in [0.25, 0.3) is 11.3 Å². The Morgan fingerprint density at radius 3 is 2.46 bits per heavy atom. The van der Waals surface area contributed by atoms with Crippen molar-refractivity contribution in [2.45, 2.75) is 20.8 Å². The van der Waals surface area contributed by atoms with Gasteiger partial charge in [0, 0.05) is 23.4 Å². The highest BCUT2D eigenvalue weighted by Gasteiger charge is 2.16. The molecule has 0 fully saturated rings. The first-order valence-corrected chi connectivity index (χ1v) is 8.09. The Balaban J connectivity index is 1.84. The summed E-state index contributed by atoms with van der Waals surface area (Å²) in [6.07, 6.45) is 0. The number of nitrogens with zero attached hydrogens (tertiary/aromatic N) is 1. The molecule has 26 heavy (non-hydrogen) atoms. The highest BCUT2D eigenvalue weighted by molar-refractivity contribution is 6.03.